The summed E-state index contributed by atoms with van der Waals surface area (Å²) in [7, 11) is -4.32. The van der Waals surface area contributed by atoms with Crippen LogP contribution in [0.2, 0.25) is 0 Å². The fraction of sp³-hybridized carbons (Fsp3) is 0.750. The van der Waals surface area contributed by atoms with Crippen LogP contribution in [0.5, 0.6) is 0 Å². The average molecular weight is 514 g/mol. The van der Waals surface area contributed by atoms with Crippen molar-refractivity contribution in [1.29, 1.82) is 0 Å². The normalized spacial score (nSPS) is 14.3. The molecule has 0 aliphatic rings. The molecule has 0 spiro atoms. The predicted molar refractivity (Wildman–Crippen MR) is 147 cm³/mol. The fourth-order valence-corrected chi connectivity index (χ4v) is 4.44. The molecule has 0 saturated heterocycles. The molecule has 0 saturated carbocycles. The summed E-state index contributed by atoms with van der Waals surface area (Å²) in [6, 6.07) is -1.06. The molecule has 0 aliphatic heterocycles. The predicted octanol–water partition coefficient (Wildman–Crippen LogP) is 6.67. The van der Waals surface area contributed by atoms with Crippen LogP contribution in [-0.4, -0.2) is 41.9 Å². The van der Waals surface area contributed by atoms with E-state index in [1.165, 1.54) is 31.8 Å². The summed E-state index contributed by atoms with van der Waals surface area (Å²) in [5, 5.41) is 12.9. The van der Waals surface area contributed by atoms with Gasteiger partial charge in [0.05, 0.1) is 17.9 Å². The van der Waals surface area contributed by atoms with Crippen molar-refractivity contribution in [2.75, 3.05) is 5.75 Å². The Bertz CT molecular complexity index is 700. The summed E-state index contributed by atoms with van der Waals surface area (Å²) >= 11 is 0. The van der Waals surface area contributed by atoms with Crippen molar-refractivity contribution >= 4 is 16.0 Å². The molecule has 0 aromatic rings. The number of nitrogens with one attached hydrogen (secondary N) is 1. The second-order valence-corrected chi connectivity index (χ2v) is 10.8. The number of carbonyl (C=O) groups excluding carboxylic acids is 1. The minimum Gasteiger partial charge on any atom is -0.387 e. The zero-order valence-electron chi connectivity index (χ0n) is 22.2. The highest BCUT2D eigenvalue weighted by Gasteiger charge is 2.24. The summed E-state index contributed by atoms with van der Waals surface area (Å²) in [5.41, 5.74) is 0. The summed E-state index contributed by atoms with van der Waals surface area (Å²) < 4.78 is 31.8. The van der Waals surface area contributed by atoms with Gasteiger partial charge in [-0.1, -0.05) is 95.2 Å². The smallest absolute Gasteiger partial charge is 0.267 e. The van der Waals surface area contributed by atoms with Crippen LogP contribution in [0, 0.1) is 0 Å². The van der Waals surface area contributed by atoms with E-state index in [0.717, 1.165) is 64.2 Å². The van der Waals surface area contributed by atoms with Gasteiger partial charge in [0.25, 0.3) is 10.1 Å². The molecular formula is C28H51NO5S. The van der Waals surface area contributed by atoms with Crippen molar-refractivity contribution in [1.82, 2.24) is 5.32 Å². The topological polar surface area (TPSA) is 104 Å². The molecular weight excluding hydrogens is 462 g/mol. The van der Waals surface area contributed by atoms with Gasteiger partial charge in [0.1, 0.15) is 0 Å². The summed E-state index contributed by atoms with van der Waals surface area (Å²) in [6.45, 7) is 4.32. The third-order valence-corrected chi connectivity index (χ3v) is 6.59. The first-order valence-corrected chi connectivity index (χ1v) is 15.3. The van der Waals surface area contributed by atoms with Gasteiger partial charge < -0.3 is 10.4 Å². The zero-order chi connectivity index (χ0) is 26.2. The molecule has 6 nitrogen and oxygen atoms in total. The molecule has 0 aromatic carbocycles. The van der Waals surface area contributed by atoms with E-state index in [4.69, 9.17) is 0 Å². The van der Waals surface area contributed by atoms with Crippen LogP contribution in [0.15, 0.2) is 36.5 Å². The third kappa shape index (κ3) is 24.0. The lowest BCUT2D eigenvalue weighted by Crippen LogP contribution is -2.46. The fourth-order valence-electron chi connectivity index (χ4n) is 3.71. The van der Waals surface area contributed by atoms with E-state index in [1.807, 2.05) is 0 Å². The maximum absolute atomic E-state index is 12.3. The average Bonchev–Trinajstić information content (AvgIpc) is 2.80. The van der Waals surface area contributed by atoms with Crippen LogP contribution in [-0.2, 0) is 14.9 Å². The lowest BCUT2D eigenvalue weighted by molar-refractivity contribution is -0.122. The van der Waals surface area contributed by atoms with E-state index in [9.17, 15) is 22.9 Å². The summed E-state index contributed by atoms with van der Waals surface area (Å²) in [5.74, 6) is -1.01. The molecule has 1 amide bonds. The van der Waals surface area contributed by atoms with Crippen LogP contribution in [0.1, 0.15) is 117 Å². The first kappa shape index (κ1) is 33.6. The number of unbranched alkanes of at least 4 members (excludes halogenated alkanes) is 11. The molecule has 0 bridgehead atoms. The number of amides is 1. The lowest BCUT2D eigenvalue weighted by Gasteiger charge is -2.21. The highest BCUT2D eigenvalue weighted by atomic mass is 32.2. The number of hydrogen-bond donors (Lipinski definition) is 3. The Hall–Kier alpha value is -1.44. The zero-order valence-corrected chi connectivity index (χ0v) is 23.0. The number of rotatable bonds is 23. The van der Waals surface area contributed by atoms with E-state index in [-0.39, 0.29) is 12.3 Å². The van der Waals surface area contributed by atoms with Crippen molar-refractivity contribution in [2.45, 2.75) is 129 Å². The maximum atomic E-state index is 12.3. The van der Waals surface area contributed by atoms with Crippen molar-refractivity contribution in [3.63, 3.8) is 0 Å². The first-order chi connectivity index (χ1) is 16.8. The standard InChI is InChI=1S/C28H51NO5S/c1-3-5-7-9-10-11-12-13-14-15-16-17-18-20-22-24-28(31)29-26(25-35(32,33)34)27(30)23-21-19-8-6-4-2/h10-11,13-14,21,23,26-27,30H,3-9,12,15-20,22,24-25H2,1-2H3,(H,29,31)(H,32,33,34)/b11-10-,14-13-,23-21+. The van der Waals surface area contributed by atoms with Gasteiger partial charge in [-0.3, -0.25) is 9.35 Å². The Kier molecular flexibility index (Phi) is 22.0. The SMILES string of the molecule is CCCCC/C=C\C/C=C\CCCCCCCC(=O)NC(CS(=O)(=O)O)C(O)/C=C/CCCCC. The van der Waals surface area contributed by atoms with Gasteiger partial charge in [-0.05, 0) is 51.4 Å². The van der Waals surface area contributed by atoms with Gasteiger partial charge in [0.2, 0.25) is 5.91 Å². The molecule has 35 heavy (non-hydrogen) atoms. The van der Waals surface area contributed by atoms with Crippen molar-refractivity contribution < 1.29 is 22.9 Å². The lowest BCUT2D eigenvalue weighted by atomic mass is 10.1. The van der Waals surface area contributed by atoms with Crippen molar-refractivity contribution in [3.05, 3.63) is 36.5 Å². The van der Waals surface area contributed by atoms with Gasteiger partial charge in [0, 0.05) is 6.42 Å². The highest BCUT2D eigenvalue weighted by molar-refractivity contribution is 7.85. The minimum absolute atomic E-state index is 0.277. The first-order valence-electron chi connectivity index (χ1n) is 13.7. The van der Waals surface area contributed by atoms with E-state index in [1.54, 1.807) is 6.08 Å². The Balaban J connectivity index is 4.05. The van der Waals surface area contributed by atoms with E-state index in [0.29, 0.717) is 6.42 Å². The third-order valence-electron chi connectivity index (χ3n) is 5.81. The second kappa shape index (κ2) is 23.0. The number of aliphatic hydroxyl groups is 1. The number of allylic oxidation sites excluding steroid dienone is 5. The molecule has 3 N–H and O–H groups in total. The second-order valence-electron chi connectivity index (χ2n) is 9.32. The van der Waals surface area contributed by atoms with Crippen molar-refractivity contribution in [3.8, 4) is 0 Å². The molecule has 204 valence electrons. The molecule has 0 aromatic heterocycles. The Morgan fingerprint density at radius 2 is 1.29 bits per heavy atom. The van der Waals surface area contributed by atoms with Crippen LogP contribution in [0.25, 0.3) is 0 Å². The molecule has 7 heteroatoms. The largest absolute Gasteiger partial charge is 0.387 e. The maximum Gasteiger partial charge on any atom is 0.267 e. The van der Waals surface area contributed by atoms with Crippen LogP contribution in [0.4, 0.5) is 0 Å². The molecule has 0 rings (SSSR count). The monoisotopic (exact) mass is 513 g/mol. The van der Waals surface area contributed by atoms with Gasteiger partial charge in [0.15, 0.2) is 0 Å². The Morgan fingerprint density at radius 3 is 1.86 bits per heavy atom. The summed E-state index contributed by atoms with van der Waals surface area (Å²) in [4.78, 5) is 12.3. The summed E-state index contributed by atoms with van der Waals surface area (Å²) in [6.07, 6.45) is 27.4. The molecule has 0 fully saturated rings. The minimum atomic E-state index is -4.32. The number of carbonyl (C=O) groups is 1. The Labute approximate surface area is 215 Å². The molecule has 2 unspecified atom stereocenters. The van der Waals surface area contributed by atoms with Crippen LogP contribution >= 0.6 is 0 Å². The van der Waals surface area contributed by atoms with Crippen LogP contribution in [0.3, 0.4) is 0 Å². The quantitative estimate of drug-likeness (QED) is 0.0804. The van der Waals surface area contributed by atoms with E-state index >= 15 is 0 Å². The highest BCUT2D eigenvalue weighted by Crippen LogP contribution is 2.09. The molecule has 0 radical (unpaired) electrons. The van der Waals surface area contributed by atoms with Gasteiger partial charge in [-0.2, -0.15) is 8.42 Å². The van der Waals surface area contributed by atoms with Gasteiger partial charge in [-0.15, -0.1) is 0 Å². The Morgan fingerprint density at radius 1 is 0.771 bits per heavy atom. The molecule has 0 heterocycles. The number of hydrogen-bond acceptors (Lipinski definition) is 4. The van der Waals surface area contributed by atoms with Gasteiger partial charge in [-0.25, -0.2) is 0 Å². The van der Waals surface area contributed by atoms with E-state index < -0.39 is 28.0 Å². The van der Waals surface area contributed by atoms with Crippen molar-refractivity contribution in [2.24, 2.45) is 0 Å². The van der Waals surface area contributed by atoms with Gasteiger partial charge >= 0.3 is 0 Å². The molecule has 0 aliphatic carbocycles. The molecule has 2 atom stereocenters. The van der Waals surface area contributed by atoms with E-state index in [2.05, 4.69) is 43.5 Å². The number of aliphatic hydroxyl groups excluding tert-OH is 1. The van der Waals surface area contributed by atoms with Crippen LogP contribution < -0.4 is 5.32 Å².